The van der Waals surface area contributed by atoms with Gasteiger partial charge in [0, 0.05) is 18.9 Å². The van der Waals surface area contributed by atoms with Crippen LogP contribution in [0.4, 0.5) is 5.69 Å². The van der Waals surface area contributed by atoms with Crippen molar-refractivity contribution in [1.82, 2.24) is 4.98 Å². The van der Waals surface area contributed by atoms with Gasteiger partial charge in [0.05, 0.1) is 16.8 Å². The van der Waals surface area contributed by atoms with E-state index in [2.05, 4.69) is 4.98 Å². The summed E-state index contributed by atoms with van der Waals surface area (Å²) in [6.07, 6.45) is 4.79. The minimum absolute atomic E-state index is 0.121. The highest BCUT2D eigenvalue weighted by Gasteiger charge is 2.22. The molecule has 1 aromatic heterocycles. The predicted molar refractivity (Wildman–Crippen MR) is 84.2 cm³/mol. The molecule has 0 spiro atoms. The molecule has 22 heavy (non-hydrogen) atoms. The molecule has 0 radical (unpaired) electrons. The van der Waals surface area contributed by atoms with Crippen molar-refractivity contribution in [1.29, 1.82) is 0 Å². The van der Waals surface area contributed by atoms with Crippen LogP contribution in [-0.4, -0.2) is 28.5 Å². The van der Waals surface area contributed by atoms with E-state index in [0.29, 0.717) is 17.8 Å². The molecule has 0 fully saturated rings. The van der Waals surface area contributed by atoms with Crippen LogP contribution in [0.2, 0.25) is 0 Å². The zero-order valence-corrected chi connectivity index (χ0v) is 12.4. The van der Waals surface area contributed by atoms with E-state index in [9.17, 15) is 14.7 Å². The molecule has 5 heteroatoms. The monoisotopic (exact) mass is 298 g/mol. The Morgan fingerprint density at radius 3 is 2.59 bits per heavy atom. The fourth-order valence-electron chi connectivity index (χ4n) is 2.18. The molecule has 1 N–H and O–H groups in total. The summed E-state index contributed by atoms with van der Waals surface area (Å²) in [5, 5.41) is 9.34. The molecule has 0 atom stereocenters. The second-order valence-corrected chi connectivity index (χ2v) is 4.87. The molecule has 0 saturated carbocycles. The van der Waals surface area contributed by atoms with E-state index in [1.165, 1.54) is 17.2 Å². The normalized spacial score (nSPS) is 10.2. The first-order valence-electron chi connectivity index (χ1n) is 7.19. The summed E-state index contributed by atoms with van der Waals surface area (Å²) in [5.74, 6) is -1.29. The number of carboxylic acids is 1. The molecule has 0 saturated heterocycles. The predicted octanol–water partition coefficient (Wildman–Crippen LogP) is 3.23. The number of hydrogen-bond donors (Lipinski definition) is 1. The Kier molecular flexibility index (Phi) is 5.25. The Bertz CT molecular complexity index is 656. The zero-order valence-electron chi connectivity index (χ0n) is 12.4. The SMILES string of the molecule is CCCCN(C(=O)c1cccnc1)c1ccccc1C(=O)O. The van der Waals surface area contributed by atoms with Gasteiger partial charge in [0.2, 0.25) is 0 Å². The lowest BCUT2D eigenvalue weighted by atomic mass is 10.1. The number of aromatic carboxylic acids is 1. The summed E-state index contributed by atoms with van der Waals surface area (Å²) in [5.41, 5.74) is 0.979. The largest absolute Gasteiger partial charge is 0.478 e. The lowest BCUT2D eigenvalue weighted by Gasteiger charge is -2.24. The van der Waals surface area contributed by atoms with Crippen molar-refractivity contribution in [2.45, 2.75) is 19.8 Å². The van der Waals surface area contributed by atoms with E-state index in [1.54, 1.807) is 36.5 Å². The number of amides is 1. The summed E-state index contributed by atoms with van der Waals surface area (Å²) in [7, 11) is 0. The number of carboxylic acid groups (broad SMARTS) is 1. The van der Waals surface area contributed by atoms with Gasteiger partial charge in [0.25, 0.3) is 5.91 Å². The lowest BCUT2D eigenvalue weighted by Crippen LogP contribution is -2.33. The molecule has 1 aromatic carbocycles. The van der Waals surface area contributed by atoms with Crippen LogP contribution in [0.25, 0.3) is 0 Å². The van der Waals surface area contributed by atoms with Crippen molar-refractivity contribution in [3.8, 4) is 0 Å². The highest BCUT2D eigenvalue weighted by atomic mass is 16.4. The lowest BCUT2D eigenvalue weighted by molar-refractivity contribution is 0.0697. The maximum absolute atomic E-state index is 12.7. The Morgan fingerprint density at radius 2 is 1.95 bits per heavy atom. The van der Waals surface area contributed by atoms with Crippen LogP contribution in [0, 0.1) is 0 Å². The van der Waals surface area contributed by atoms with Crippen LogP contribution in [0.15, 0.2) is 48.8 Å². The number of benzene rings is 1. The summed E-state index contributed by atoms with van der Waals surface area (Å²) in [6, 6.07) is 9.92. The third kappa shape index (κ3) is 3.49. The van der Waals surface area contributed by atoms with Gasteiger partial charge >= 0.3 is 5.97 Å². The number of para-hydroxylation sites is 1. The minimum Gasteiger partial charge on any atom is -0.478 e. The van der Waals surface area contributed by atoms with Crippen LogP contribution in [0.1, 0.15) is 40.5 Å². The molecule has 2 rings (SSSR count). The molecule has 0 aliphatic rings. The second-order valence-electron chi connectivity index (χ2n) is 4.87. The maximum Gasteiger partial charge on any atom is 0.337 e. The number of nitrogens with zero attached hydrogens (tertiary/aromatic N) is 2. The first-order valence-corrected chi connectivity index (χ1v) is 7.19. The number of unbranched alkanes of at least 4 members (excludes halogenated alkanes) is 1. The Labute approximate surface area is 129 Å². The standard InChI is InChI=1S/C17H18N2O3/c1-2-3-11-19(16(20)13-7-6-10-18-12-13)15-9-5-4-8-14(15)17(21)22/h4-10,12H,2-3,11H2,1H3,(H,21,22). The average molecular weight is 298 g/mol. The van der Waals surface area contributed by atoms with Gasteiger partial charge < -0.3 is 10.0 Å². The van der Waals surface area contributed by atoms with Gasteiger partial charge in [-0.05, 0) is 30.7 Å². The molecule has 5 nitrogen and oxygen atoms in total. The zero-order chi connectivity index (χ0) is 15.9. The van der Waals surface area contributed by atoms with Gasteiger partial charge in [0.1, 0.15) is 0 Å². The molecule has 0 unspecified atom stereocenters. The number of carbonyl (C=O) groups is 2. The van der Waals surface area contributed by atoms with E-state index < -0.39 is 5.97 Å². The van der Waals surface area contributed by atoms with Crippen molar-refractivity contribution in [3.63, 3.8) is 0 Å². The van der Waals surface area contributed by atoms with Crippen LogP contribution in [0.3, 0.4) is 0 Å². The first-order chi connectivity index (χ1) is 10.6. The molecule has 114 valence electrons. The fraction of sp³-hybridized carbons (Fsp3) is 0.235. The molecular weight excluding hydrogens is 280 g/mol. The van der Waals surface area contributed by atoms with Crippen molar-refractivity contribution in [3.05, 3.63) is 59.9 Å². The number of anilines is 1. The molecule has 1 heterocycles. The molecule has 1 amide bonds. The Morgan fingerprint density at radius 1 is 1.18 bits per heavy atom. The van der Waals surface area contributed by atoms with Crippen LogP contribution in [-0.2, 0) is 0 Å². The molecule has 2 aromatic rings. The number of aromatic nitrogens is 1. The van der Waals surface area contributed by atoms with Gasteiger partial charge in [-0.15, -0.1) is 0 Å². The Balaban J connectivity index is 2.43. The van der Waals surface area contributed by atoms with Crippen LogP contribution in [0.5, 0.6) is 0 Å². The number of carbonyl (C=O) groups excluding carboxylic acids is 1. The molecule has 0 aliphatic carbocycles. The molecule has 0 aliphatic heterocycles. The fourth-order valence-corrected chi connectivity index (χ4v) is 2.18. The maximum atomic E-state index is 12.7. The highest BCUT2D eigenvalue weighted by molar-refractivity contribution is 6.09. The van der Waals surface area contributed by atoms with E-state index in [-0.39, 0.29) is 11.5 Å². The van der Waals surface area contributed by atoms with Gasteiger partial charge in [-0.3, -0.25) is 9.78 Å². The smallest absolute Gasteiger partial charge is 0.337 e. The first kappa shape index (κ1) is 15.7. The van der Waals surface area contributed by atoms with E-state index in [0.717, 1.165) is 12.8 Å². The topological polar surface area (TPSA) is 70.5 Å². The summed E-state index contributed by atoms with van der Waals surface area (Å²) >= 11 is 0. The van der Waals surface area contributed by atoms with Gasteiger partial charge in [-0.25, -0.2) is 4.79 Å². The summed E-state index contributed by atoms with van der Waals surface area (Å²) in [6.45, 7) is 2.49. The summed E-state index contributed by atoms with van der Waals surface area (Å²) in [4.78, 5) is 29.6. The number of pyridine rings is 1. The third-order valence-electron chi connectivity index (χ3n) is 3.31. The molecular formula is C17H18N2O3. The van der Waals surface area contributed by atoms with Gasteiger partial charge in [-0.2, -0.15) is 0 Å². The minimum atomic E-state index is -1.05. The van der Waals surface area contributed by atoms with Crippen molar-refractivity contribution < 1.29 is 14.7 Å². The molecule has 0 bridgehead atoms. The second kappa shape index (κ2) is 7.36. The third-order valence-corrected chi connectivity index (χ3v) is 3.31. The Hall–Kier alpha value is -2.69. The van der Waals surface area contributed by atoms with Crippen LogP contribution >= 0.6 is 0 Å². The van der Waals surface area contributed by atoms with Crippen molar-refractivity contribution in [2.75, 3.05) is 11.4 Å². The van der Waals surface area contributed by atoms with Crippen LogP contribution < -0.4 is 4.90 Å². The van der Waals surface area contributed by atoms with Crippen molar-refractivity contribution in [2.24, 2.45) is 0 Å². The average Bonchev–Trinajstić information content (AvgIpc) is 2.56. The van der Waals surface area contributed by atoms with Crippen molar-refractivity contribution >= 4 is 17.6 Å². The van der Waals surface area contributed by atoms with E-state index >= 15 is 0 Å². The van der Waals surface area contributed by atoms with E-state index in [1.807, 2.05) is 6.92 Å². The number of rotatable bonds is 6. The highest BCUT2D eigenvalue weighted by Crippen LogP contribution is 2.23. The van der Waals surface area contributed by atoms with E-state index in [4.69, 9.17) is 0 Å². The quantitative estimate of drug-likeness (QED) is 0.889. The van der Waals surface area contributed by atoms with Gasteiger partial charge in [0.15, 0.2) is 0 Å². The number of hydrogen-bond acceptors (Lipinski definition) is 3. The van der Waals surface area contributed by atoms with Gasteiger partial charge in [-0.1, -0.05) is 25.5 Å². The summed E-state index contributed by atoms with van der Waals surface area (Å²) < 4.78 is 0.